The van der Waals surface area contributed by atoms with Crippen molar-refractivity contribution in [1.29, 1.82) is 0 Å². The number of benzene rings is 2. The Morgan fingerprint density at radius 1 is 1.00 bits per heavy atom. The van der Waals surface area contributed by atoms with E-state index >= 15 is 0 Å². The fourth-order valence-electron chi connectivity index (χ4n) is 2.76. The third-order valence-corrected chi connectivity index (χ3v) is 6.56. The van der Waals surface area contributed by atoms with Crippen LogP contribution >= 0.6 is 0 Å². The predicted octanol–water partition coefficient (Wildman–Crippen LogP) is 3.07. The van der Waals surface area contributed by atoms with Crippen LogP contribution in [-0.4, -0.2) is 51.3 Å². The largest absolute Gasteiger partial charge is 0.497 e. The molecule has 2 aromatic rings. The van der Waals surface area contributed by atoms with Crippen LogP contribution in [0.2, 0.25) is 0 Å². The van der Waals surface area contributed by atoms with Crippen LogP contribution < -0.4 is 4.74 Å². The number of hydrogen-bond donors (Lipinski definition) is 0. The van der Waals surface area contributed by atoms with Crippen LogP contribution in [0.1, 0.15) is 40.1 Å². The maximum Gasteiger partial charge on any atom is 0.338 e. The van der Waals surface area contributed by atoms with E-state index < -0.39 is 22.6 Å². The van der Waals surface area contributed by atoms with Crippen LogP contribution in [0, 0.1) is 6.92 Å². The maximum atomic E-state index is 12.7. The van der Waals surface area contributed by atoms with Crippen molar-refractivity contribution >= 4 is 21.8 Å². The summed E-state index contributed by atoms with van der Waals surface area (Å²) in [4.78, 5) is 24.7. The van der Waals surface area contributed by atoms with Gasteiger partial charge in [-0.1, -0.05) is 19.9 Å². The Kier molecular flexibility index (Phi) is 7.53. The summed E-state index contributed by atoms with van der Waals surface area (Å²) in [7, 11) is -2.18. The lowest BCUT2D eigenvalue weighted by Gasteiger charge is -2.19. The monoisotopic (exact) mass is 419 g/mol. The molecule has 156 valence electrons. The molecule has 0 N–H and O–H groups in total. The first-order valence-electron chi connectivity index (χ1n) is 9.19. The number of ether oxygens (including phenoxy) is 2. The van der Waals surface area contributed by atoms with E-state index in [0.29, 0.717) is 30.0 Å². The molecule has 29 heavy (non-hydrogen) atoms. The van der Waals surface area contributed by atoms with E-state index in [-0.39, 0.29) is 16.2 Å². The molecule has 7 nitrogen and oxygen atoms in total. The lowest BCUT2D eigenvalue weighted by molar-refractivity contribution is 0.0473. The molecule has 0 saturated carbocycles. The van der Waals surface area contributed by atoms with Crippen molar-refractivity contribution in [3.8, 4) is 5.75 Å². The molecule has 0 aliphatic carbocycles. The highest BCUT2D eigenvalue weighted by atomic mass is 32.2. The molecule has 0 aromatic heterocycles. The second-order valence-electron chi connectivity index (χ2n) is 6.29. The van der Waals surface area contributed by atoms with Gasteiger partial charge in [-0.25, -0.2) is 13.2 Å². The Bertz CT molecular complexity index is 979. The van der Waals surface area contributed by atoms with E-state index in [2.05, 4.69) is 0 Å². The maximum absolute atomic E-state index is 12.7. The minimum atomic E-state index is -3.71. The van der Waals surface area contributed by atoms with Gasteiger partial charge in [-0.15, -0.1) is 0 Å². The third-order valence-electron chi connectivity index (χ3n) is 4.52. The number of carbonyl (C=O) groups excluding carboxylic acids is 2. The van der Waals surface area contributed by atoms with Gasteiger partial charge in [0.2, 0.25) is 10.0 Å². The summed E-state index contributed by atoms with van der Waals surface area (Å²) in [6, 6.07) is 10.8. The van der Waals surface area contributed by atoms with Crippen molar-refractivity contribution in [2.24, 2.45) is 0 Å². The molecule has 0 amide bonds. The van der Waals surface area contributed by atoms with Crippen molar-refractivity contribution < 1.29 is 27.5 Å². The van der Waals surface area contributed by atoms with Crippen LogP contribution in [0.4, 0.5) is 0 Å². The molecule has 0 unspecified atom stereocenters. The topological polar surface area (TPSA) is 90.0 Å². The van der Waals surface area contributed by atoms with Crippen LogP contribution in [0.25, 0.3) is 0 Å². The molecule has 0 saturated heterocycles. The molecule has 0 spiro atoms. The highest BCUT2D eigenvalue weighted by Crippen LogP contribution is 2.20. The van der Waals surface area contributed by atoms with Crippen molar-refractivity contribution in [2.75, 3.05) is 26.8 Å². The summed E-state index contributed by atoms with van der Waals surface area (Å²) < 4.78 is 36.9. The summed E-state index contributed by atoms with van der Waals surface area (Å²) >= 11 is 0. The van der Waals surface area contributed by atoms with Crippen LogP contribution in [0.5, 0.6) is 5.75 Å². The van der Waals surface area contributed by atoms with Gasteiger partial charge in [0.05, 0.1) is 17.6 Å². The molecule has 0 radical (unpaired) electrons. The highest BCUT2D eigenvalue weighted by Gasteiger charge is 2.24. The summed E-state index contributed by atoms with van der Waals surface area (Å²) in [6.07, 6.45) is 0. The Labute approximate surface area is 171 Å². The fourth-order valence-corrected chi connectivity index (χ4v) is 4.25. The smallest absolute Gasteiger partial charge is 0.338 e. The van der Waals surface area contributed by atoms with Crippen molar-refractivity contribution in [3.05, 3.63) is 59.2 Å². The molecule has 0 atom stereocenters. The van der Waals surface area contributed by atoms with E-state index in [1.807, 2.05) is 0 Å². The molecule has 0 bridgehead atoms. The first kappa shape index (κ1) is 22.6. The number of ketones is 1. The third kappa shape index (κ3) is 5.21. The van der Waals surface area contributed by atoms with Gasteiger partial charge in [-0.2, -0.15) is 4.31 Å². The van der Waals surface area contributed by atoms with Gasteiger partial charge in [0.15, 0.2) is 12.4 Å². The number of Topliss-reactive ketones (excluding diaryl/α,β-unsaturated/α-hetero) is 1. The molecular weight excluding hydrogens is 394 g/mol. The minimum Gasteiger partial charge on any atom is -0.497 e. The lowest BCUT2D eigenvalue weighted by atomic mass is 10.1. The van der Waals surface area contributed by atoms with E-state index in [4.69, 9.17) is 9.47 Å². The zero-order valence-electron chi connectivity index (χ0n) is 17.0. The van der Waals surface area contributed by atoms with Gasteiger partial charge in [0.1, 0.15) is 5.75 Å². The molecule has 2 rings (SSSR count). The zero-order valence-corrected chi connectivity index (χ0v) is 17.8. The van der Waals surface area contributed by atoms with Gasteiger partial charge >= 0.3 is 5.97 Å². The second-order valence-corrected chi connectivity index (χ2v) is 8.23. The average Bonchev–Trinajstić information content (AvgIpc) is 2.72. The molecule has 0 aliphatic rings. The lowest BCUT2D eigenvalue weighted by Crippen LogP contribution is -2.30. The van der Waals surface area contributed by atoms with Gasteiger partial charge < -0.3 is 9.47 Å². The van der Waals surface area contributed by atoms with Crippen LogP contribution in [-0.2, 0) is 14.8 Å². The zero-order chi connectivity index (χ0) is 21.6. The standard InChI is InChI=1S/C21H25NO6S/c1-5-22(6-2)29(25,26)18-12-7-15(3)19(13-18)21(24)28-14-20(23)16-8-10-17(27-4)11-9-16/h7-13H,5-6,14H2,1-4H3. The number of nitrogens with zero attached hydrogens (tertiary/aromatic N) is 1. The highest BCUT2D eigenvalue weighted by molar-refractivity contribution is 7.89. The first-order valence-corrected chi connectivity index (χ1v) is 10.6. The Hall–Kier alpha value is -2.71. The molecule has 0 heterocycles. The predicted molar refractivity (Wildman–Crippen MR) is 109 cm³/mol. The molecule has 8 heteroatoms. The minimum absolute atomic E-state index is 0.0141. The Morgan fingerprint density at radius 2 is 1.62 bits per heavy atom. The average molecular weight is 419 g/mol. The summed E-state index contributed by atoms with van der Waals surface area (Å²) in [5, 5.41) is 0. The van der Waals surface area contributed by atoms with Gasteiger partial charge in [-0.05, 0) is 48.9 Å². The van der Waals surface area contributed by atoms with E-state index in [9.17, 15) is 18.0 Å². The van der Waals surface area contributed by atoms with Crippen molar-refractivity contribution in [2.45, 2.75) is 25.7 Å². The van der Waals surface area contributed by atoms with E-state index in [0.717, 1.165) is 0 Å². The number of methoxy groups -OCH3 is 1. The van der Waals surface area contributed by atoms with Crippen LogP contribution in [0.15, 0.2) is 47.4 Å². The number of sulfonamides is 1. The van der Waals surface area contributed by atoms with E-state index in [1.165, 1.54) is 23.5 Å². The Balaban J connectivity index is 2.17. The fraction of sp³-hybridized carbons (Fsp3) is 0.333. The number of rotatable bonds is 9. The summed E-state index contributed by atoms with van der Waals surface area (Å²) in [6.45, 7) is 5.36. The number of aryl methyl sites for hydroxylation is 1. The Morgan fingerprint density at radius 3 is 2.17 bits per heavy atom. The molecule has 0 aliphatic heterocycles. The second kappa shape index (κ2) is 9.67. The van der Waals surface area contributed by atoms with Crippen molar-refractivity contribution in [1.82, 2.24) is 4.31 Å². The van der Waals surface area contributed by atoms with Crippen LogP contribution in [0.3, 0.4) is 0 Å². The molecular formula is C21H25NO6S. The number of carbonyl (C=O) groups is 2. The first-order chi connectivity index (χ1) is 13.7. The molecule has 0 fully saturated rings. The van der Waals surface area contributed by atoms with Gasteiger partial charge in [0.25, 0.3) is 0 Å². The van der Waals surface area contributed by atoms with Crippen molar-refractivity contribution in [3.63, 3.8) is 0 Å². The molecule has 2 aromatic carbocycles. The van der Waals surface area contributed by atoms with Gasteiger partial charge in [-0.3, -0.25) is 4.79 Å². The normalized spacial score (nSPS) is 11.3. The van der Waals surface area contributed by atoms with Gasteiger partial charge in [0, 0.05) is 18.7 Å². The number of esters is 1. The quantitative estimate of drug-likeness (QED) is 0.458. The number of hydrogen-bond acceptors (Lipinski definition) is 6. The SMILES string of the molecule is CCN(CC)S(=O)(=O)c1ccc(C)c(C(=O)OCC(=O)c2ccc(OC)cc2)c1. The summed E-state index contributed by atoms with van der Waals surface area (Å²) in [5.74, 6) is -0.507. The summed E-state index contributed by atoms with van der Waals surface area (Å²) in [5.41, 5.74) is 1.05. The van der Waals surface area contributed by atoms with E-state index in [1.54, 1.807) is 51.1 Å².